The lowest BCUT2D eigenvalue weighted by molar-refractivity contribution is 0.419. The van der Waals surface area contributed by atoms with Crippen LogP contribution in [0.5, 0.6) is 5.75 Å². The van der Waals surface area contributed by atoms with Crippen molar-refractivity contribution in [3.05, 3.63) is 41.5 Å². The Morgan fingerprint density at radius 1 is 1.19 bits per heavy atom. The molecule has 0 aliphatic carbocycles. The van der Waals surface area contributed by atoms with Crippen molar-refractivity contribution in [2.24, 2.45) is 0 Å². The highest BCUT2D eigenvalue weighted by atomic mass is 16.5. The average Bonchev–Trinajstić information content (AvgIpc) is 2.38. The van der Waals surface area contributed by atoms with Crippen LogP contribution >= 0.6 is 0 Å². The van der Waals surface area contributed by atoms with Gasteiger partial charge in [-0.05, 0) is 35.5 Å². The molecule has 2 nitrogen and oxygen atoms in total. The molecule has 0 amide bonds. The molecule has 16 heavy (non-hydrogen) atoms. The molecule has 1 aliphatic heterocycles. The van der Waals surface area contributed by atoms with Gasteiger partial charge in [0.2, 0.25) is 0 Å². The summed E-state index contributed by atoms with van der Waals surface area (Å²) < 4.78 is 5.47. The van der Waals surface area contributed by atoms with E-state index in [4.69, 9.17) is 4.74 Å². The summed E-state index contributed by atoms with van der Waals surface area (Å²) in [6.07, 6.45) is 1.09. The lowest BCUT2D eigenvalue weighted by Gasteiger charge is -2.20. The van der Waals surface area contributed by atoms with E-state index in [2.05, 4.69) is 35.6 Å². The molecule has 1 N–H and O–H groups in total. The van der Waals surface area contributed by atoms with Gasteiger partial charge in [0.1, 0.15) is 5.75 Å². The Labute approximate surface area is 95.2 Å². The first kappa shape index (κ1) is 9.67. The largest absolute Gasteiger partial charge is 0.496 e. The maximum atomic E-state index is 5.47. The molecule has 0 bridgehead atoms. The van der Waals surface area contributed by atoms with Crippen LogP contribution in [0.25, 0.3) is 10.8 Å². The van der Waals surface area contributed by atoms with Crippen molar-refractivity contribution < 1.29 is 4.74 Å². The molecular weight excluding hydrogens is 198 g/mol. The Hall–Kier alpha value is -1.54. The zero-order valence-electron chi connectivity index (χ0n) is 9.42. The summed E-state index contributed by atoms with van der Waals surface area (Å²) in [6, 6.07) is 10.7. The first-order valence-corrected chi connectivity index (χ1v) is 5.68. The van der Waals surface area contributed by atoms with Crippen molar-refractivity contribution in [3.8, 4) is 5.75 Å². The van der Waals surface area contributed by atoms with Crippen LogP contribution < -0.4 is 10.1 Å². The number of rotatable bonds is 1. The smallest absolute Gasteiger partial charge is 0.126 e. The van der Waals surface area contributed by atoms with Crippen LogP contribution in [0.3, 0.4) is 0 Å². The van der Waals surface area contributed by atoms with Gasteiger partial charge >= 0.3 is 0 Å². The molecule has 82 valence electrons. The summed E-state index contributed by atoms with van der Waals surface area (Å²) in [5, 5.41) is 5.97. The maximum absolute atomic E-state index is 5.47. The Morgan fingerprint density at radius 3 is 2.81 bits per heavy atom. The zero-order chi connectivity index (χ0) is 11.0. The molecule has 3 rings (SSSR count). The van der Waals surface area contributed by atoms with E-state index in [1.165, 1.54) is 21.9 Å². The van der Waals surface area contributed by atoms with Gasteiger partial charge in [-0.15, -0.1) is 0 Å². The van der Waals surface area contributed by atoms with Crippen molar-refractivity contribution in [1.82, 2.24) is 5.32 Å². The molecule has 0 radical (unpaired) electrons. The fourth-order valence-electron chi connectivity index (χ4n) is 2.49. The number of ether oxygens (including phenoxy) is 1. The average molecular weight is 213 g/mol. The number of nitrogens with one attached hydrogen (secondary N) is 1. The molecule has 1 aliphatic rings. The molecule has 0 unspecified atom stereocenters. The fraction of sp³-hybridized carbons (Fsp3) is 0.286. The van der Waals surface area contributed by atoms with E-state index in [0.29, 0.717) is 0 Å². The number of hydrogen-bond donors (Lipinski definition) is 1. The Balaban J connectivity index is 2.36. The molecule has 0 fully saturated rings. The van der Waals surface area contributed by atoms with E-state index in [-0.39, 0.29) is 0 Å². The van der Waals surface area contributed by atoms with Crippen molar-refractivity contribution in [2.75, 3.05) is 13.7 Å². The molecule has 0 saturated carbocycles. The van der Waals surface area contributed by atoms with Gasteiger partial charge < -0.3 is 10.1 Å². The summed E-state index contributed by atoms with van der Waals surface area (Å²) in [5.74, 6) is 0.997. The number of benzene rings is 2. The van der Waals surface area contributed by atoms with Crippen molar-refractivity contribution in [2.45, 2.75) is 13.0 Å². The molecule has 1 heterocycles. The van der Waals surface area contributed by atoms with Gasteiger partial charge in [0.05, 0.1) is 7.11 Å². The summed E-state index contributed by atoms with van der Waals surface area (Å²) in [5.41, 5.74) is 2.86. The molecule has 0 atom stereocenters. The number of fused-ring (bicyclic) bond motifs is 3. The minimum atomic E-state index is 0.972. The Morgan fingerprint density at radius 2 is 2.00 bits per heavy atom. The fourth-order valence-corrected chi connectivity index (χ4v) is 2.49. The first-order chi connectivity index (χ1) is 7.90. The summed E-state index contributed by atoms with van der Waals surface area (Å²) >= 11 is 0. The summed E-state index contributed by atoms with van der Waals surface area (Å²) in [6.45, 7) is 2.04. The number of hydrogen-bond acceptors (Lipinski definition) is 2. The van der Waals surface area contributed by atoms with Gasteiger partial charge in [0, 0.05) is 11.9 Å². The van der Waals surface area contributed by atoms with Gasteiger partial charge in [-0.3, -0.25) is 0 Å². The van der Waals surface area contributed by atoms with Gasteiger partial charge in [-0.1, -0.05) is 24.3 Å². The molecule has 0 spiro atoms. The van der Waals surface area contributed by atoms with Crippen LogP contribution in [-0.2, 0) is 13.0 Å². The molecular formula is C14H15NO. The van der Waals surface area contributed by atoms with E-state index in [1.54, 1.807) is 7.11 Å². The van der Waals surface area contributed by atoms with Gasteiger partial charge in [-0.25, -0.2) is 0 Å². The van der Waals surface area contributed by atoms with Crippen LogP contribution in [0.2, 0.25) is 0 Å². The van der Waals surface area contributed by atoms with Crippen LogP contribution in [0.15, 0.2) is 30.3 Å². The third-order valence-electron chi connectivity index (χ3n) is 3.30. The molecule has 2 aromatic carbocycles. The maximum Gasteiger partial charge on any atom is 0.126 e. The van der Waals surface area contributed by atoms with Crippen molar-refractivity contribution >= 4 is 10.8 Å². The monoisotopic (exact) mass is 213 g/mol. The second-order valence-electron chi connectivity index (χ2n) is 4.19. The molecule has 0 aromatic heterocycles. The minimum Gasteiger partial charge on any atom is -0.496 e. The normalized spacial score (nSPS) is 14.8. The van der Waals surface area contributed by atoms with Gasteiger partial charge in [0.15, 0.2) is 0 Å². The lowest BCUT2D eigenvalue weighted by Crippen LogP contribution is -2.23. The van der Waals surface area contributed by atoms with E-state index >= 15 is 0 Å². The van der Waals surface area contributed by atoms with E-state index in [0.717, 1.165) is 25.3 Å². The topological polar surface area (TPSA) is 21.3 Å². The van der Waals surface area contributed by atoms with Crippen LogP contribution in [0.1, 0.15) is 11.1 Å². The Kier molecular flexibility index (Phi) is 2.29. The molecule has 2 heteroatoms. The predicted octanol–water partition coefficient (Wildman–Crippen LogP) is 2.49. The highest BCUT2D eigenvalue weighted by Crippen LogP contribution is 2.32. The lowest BCUT2D eigenvalue weighted by atomic mass is 9.94. The van der Waals surface area contributed by atoms with Crippen LogP contribution in [-0.4, -0.2) is 13.7 Å². The second kappa shape index (κ2) is 3.80. The van der Waals surface area contributed by atoms with Gasteiger partial charge in [-0.2, -0.15) is 0 Å². The van der Waals surface area contributed by atoms with E-state index in [1.807, 2.05) is 0 Å². The quantitative estimate of drug-likeness (QED) is 0.785. The summed E-state index contributed by atoms with van der Waals surface area (Å²) in [7, 11) is 1.75. The van der Waals surface area contributed by atoms with Crippen LogP contribution in [0.4, 0.5) is 0 Å². The standard InChI is InChI=1S/C14H15NO/c1-16-14-8-10-6-7-15-9-13(10)11-4-2-3-5-12(11)14/h2-5,8,15H,6-7,9H2,1H3. The first-order valence-electron chi connectivity index (χ1n) is 5.68. The van der Waals surface area contributed by atoms with Gasteiger partial charge in [0.25, 0.3) is 0 Å². The minimum absolute atomic E-state index is 0.972. The highest BCUT2D eigenvalue weighted by Gasteiger charge is 2.14. The predicted molar refractivity (Wildman–Crippen MR) is 65.9 cm³/mol. The molecule has 0 saturated heterocycles. The van der Waals surface area contributed by atoms with Crippen LogP contribution in [0, 0.1) is 0 Å². The van der Waals surface area contributed by atoms with Crippen molar-refractivity contribution in [3.63, 3.8) is 0 Å². The third kappa shape index (κ3) is 1.38. The van der Waals surface area contributed by atoms with E-state index < -0.39 is 0 Å². The molecule has 2 aromatic rings. The SMILES string of the molecule is COc1cc2c(c3ccccc13)CNCC2. The zero-order valence-corrected chi connectivity index (χ0v) is 9.42. The summed E-state index contributed by atoms with van der Waals surface area (Å²) in [4.78, 5) is 0. The van der Waals surface area contributed by atoms with Crippen molar-refractivity contribution in [1.29, 1.82) is 0 Å². The highest BCUT2D eigenvalue weighted by molar-refractivity contribution is 5.92. The number of methoxy groups -OCH3 is 1. The second-order valence-corrected chi connectivity index (χ2v) is 4.19. The third-order valence-corrected chi connectivity index (χ3v) is 3.30. The Bertz CT molecular complexity index is 533. The van der Waals surface area contributed by atoms with E-state index in [9.17, 15) is 0 Å².